The Morgan fingerprint density at radius 2 is 1.58 bits per heavy atom. The zero-order valence-electron chi connectivity index (χ0n) is 15.2. The first kappa shape index (κ1) is 19.3. The van der Waals surface area contributed by atoms with E-state index in [0.29, 0.717) is 13.1 Å². The fourth-order valence-corrected chi connectivity index (χ4v) is 5.03. The molecule has 0 atom stereocenters. The first-order valence-corrected chi connectivity index (χ1v) is 11.2. The molecule has 6 nitrogen and oxygen atoms in total. The van der Waals surface area contributed by atoms with Crippen LogP contribution in [0.1, 0.15) is 51.4 Å². The summed E-state index contributed by atoms with van der Waals surface area (Å²) in [5.74, 6) is 0.00979. The molecule has 26 heavy (non-hydrogen) atoms. The Hall–Kier alpha value is -1.44. The van der Waals surface area contributed by atoms with Gasteiger partial charge in [-0.05, 0) is 37.1 Å². The van der Waals surface area contributed by atoms with Crippen molar-refractivity contribution in [3.05, 3.63) is 24.3 Å². The smallest absolute Gasteiger partial charge is 0.240 e. The van der Waals surface area contributed by atoms with Crippen LogP contribution >= 0.6 is 0 Å². The number of benzene rings is 1. The number of rotatable bonds is 4. The minimum Gasteiger partial charge on any atom is -0.310 e. The zero-order chi connectivity index (χ0) is 18.4. The molecule has 1 aliphatic heterocycles. The summed E-state index contributed by atoms with van der Waals surface area (Å²) in [7, 11) is -3.53. The molecule has 1 saturated carbocycles. The molecule has 2 N–H and O–H groups in total. The van der Waals surface area contributed by atoms with Gasteiger partial charge in [-0.25, -0.2) is 13.1 Å². The third-order valence-corrected chi connectivity index (χ3v) is 6.76. The van der Waals surface area contributed by atoms with Crippen LogP contribution in [0.2, 0.25) is 0 Å². The van der Waals surface area contributed by atoms with E-state index in [9.17, 15) is 13.2 Å². The van der Waals surface area contributed by atoms with Crippen molar-refractivity contribution >= 4 is 21.6 Å². The van der Waals surface area contributed by atoms with Crippen molar-refractivity contribution in [1.29, 1.82) is 0 Å². The second kappa shape index (κ2) is 8.97. The number of sulfonamides is 1. The molecule has 144 valence electrons. The standard InChI is InChI=1S/C19H29N3O3S/c23-19-15-20-13-14-22(19)17-9-11-18(12-10-17)26(24,25)21-16-7-5-3-1-2-4-6-8-16/h9-12,16,20-21H,1-8,13-15H2. The predicted octanol–water partition coefficient (Wildman–Crippen LogP) is 2.40. The van der Waals surface area contributed by atoms with E-state index in [1.165, 1.54) is 25.7 Å². The third-order valence-electron chi connectivity index (χ3n) is 5.23. The van der Waals surface area contributed by atoms with Crippen LogP contribution in [0.15, 0.2) is 29.2 Å². The van der Waals surface area contributed by atoms with E-state index in [1.54, 1.807) is 29.2 Å². The second-order valence-electron chi connectivity index (χ2n) is 7.23. The molecule has 2 fully saturated rings. The predicted molar refractivity (Wildman–Crippen MR) is 103 cm³/mol. The Bertz CT molecular complexity index is 693. The van der Waals surface area contributed by atoms with Crippen molar-refractivity contribution in [2.75, 3.05) is 24.5 Å². The molecule has 0 bridgehead atoms. The molecule has 0 radical (unpaired) electrons. The zero-order valence-corrected chi connectivity index (χ0v) is 16.1. The van der Waals surface area contributed by atoms with Crippen molar-refractivity contribution in [3.63, 3.8) is 0 Å². The Kier molecular flexibility index (Phi) is 6.67. The average Bonchev–Trinajstić information content (AvgIpc) is 2.76. The highest BCUT2D eigenvalue weighted by molar-refractivity contribution is 7.89. The lowest BCUT2D eigenvalue weighted by atomic mass is 10.1. The van der Waals surface area contributed by atoms with E-state index in [2.05, 4.69) is 10.0 Å². The minimum atomic E-state index is -3.53. The number of amides is 1. The fourth-order valence-electron chi connectivity index (χ4n) is 3.72. The van der Waals surface area contributed by atoms with Gasteiger partial charge < -0.3 is 10.2 Å². The highest BCUT2D eigenvalue weighted by atomic mass is 32.2. The van der Waals surface area contributed by atoms with E-state index in [0.717, 1.165) is 37.9 Å². The van der Waals surface area contributed by atoms with Gasteiger partial charge in [0, 0.05) is 24.8 Å². The fraction of sp³-hybridized carbons (Fsp3) is 0.632. The molecule has 2 aliphatic rings. The topological polar surface area (TPSA) is 78.5 Å². The SMILES string of the molecule is O=C1CNCCN1c1ccc(S(=O)(=O)NC2CCCCCCCC2)cc1. The number of hydrogen-bond acceptors (Lipinski definition) is 4. The monoisotopic (exact) mass is 379 g/mol. The summed E-state index contributed by atoms with van der Waals surface area (Å²) in [5, 5.41) is 3.03. The summed E-state index contributed by atoms with van der Waals surface area (Å²) in [4.78, 5) is 13.9. The molecule has 1 aromatic carbocycles. The van der Waals surface area contributed by atoms with Crippen LogP contribution in [-0.4, -0.2) is 40.0 Å². The lowest BCUT2D eigenvalue weighted by molar-refractivity contribution is -0.118. The Morgan fingerprint density at radius 3 is 2.19 bits per heavy atom. The Morgan fingerprint density at radius 1 is 0.962 bits per heavy atom. The number of carbonyl (C=O) groups is 1. The summed E-state index contributed by atoms with van der Waals surface area (Å²) in [6.45, 7) is 1.67. The molecule has 1 amide bonds. The molecular weight excluding hydrogens is 350 g/mol. The molecule has 0 spiro atoms. The van der Waals surface area contributed by atoms with Crippen LogP contribution in [0, 0.1) is 0 Å². The molecule has 3 rings (SSSR count). The van der Waals surface area contributed by atoms with Gasteiger partial charge >= 0.3 is 0 Å². The first-order chi connectivity index (χ1) is 12.6. The van der Waals surface area contributed by atoms with E-state index < -0.39 is 10.0 Å². The number of anilines is 1. The van der Waals surface area contributed by atoms with Crippen molar-refractivity contribution in [2.45, 2.75) is 62.3 Å². The van der Waals surface area contributed by atoms with Gasteiger partial charge in [0.2, 0.25) is 15.9 Å². The molecule has 1 saturated heterocycles. The van der Waals surface area contributed by atoms with Gasteiger partial charge in [-0.2, -0.15) is 0 Å². The third kappa shape index (κ3) is 5.05. The first-order valence-electron chi connectivity index (χ1n) is 9.70. The van der Waals surface area contributed by atoms with Gasteiger partial charge in [0.15, 0.2) is 0 Å². The van der Waals surface area contributed by atoms with Crippen LogP contribution in [0.25, 0.3) is 0 Å². The molecule has 7 heteroatoms. The minimum absolute atomic E-state index is 0.00979. The molecular formula is C19H29N3O3S. The van der Waals surface area contributed by atoms with E-state index in [1.807, 2.05) is 0 Å². The van der Waals surface area contributed by atoms with E-state index >= 15 is 0 Å². The number of piperazine rings is 1. The summed E-state index contributed by atoms with van der Waals surface area (Å²) >= 11 is 0. The van der Waals surface area contributed by atoms with Crippen molar-refractivity contribution in [2.24, 2.45) is 0 Å². The van der Waals surface area contributed by atoms with E-state index in [4.69, 9.17) is 0 Å². The molecule has 0 unspecified atom stereocenters. The van der Waals surface area contributed by atoms with Crippen molar-refractivity contribution < 1.29 is 13.2 Å². The van der Waals surface area contributed by atoms with Crippen molar-refractivity contribution in [1.82, 2.24) is 10.0 Å². The number of carbonyl (C=O) groups excluding carboxylic acids is 1. The second-order valence-corrected chi connectivity index (χ2v) is 8.95. The van der Waals surface area contributed by atoms with Crippen LogP contribution in [0.5, 0.6) is 0 Å². The maximum absolute atomic E-state index is 12.7. The van der Waals surface area contributed by atoms with E-state index in [-0.39, 0.29) is 16.8 Å². The molecule has 1 aromatic rings. The number of nitrogens with one attached hydrogen (secondary N) is 2. The largest absolute Gasteiger partial charge is 0.310 e. The van der Waals surface area contributed by atoms with Gasteiger partial charge in [0.25, 0.3) is 0 Å². The summed E-state index contributed by atoms with van der Waals surface area (Å²) < 4.78 is 28.4. The highest BCUT2D eigenvalue weighted by Gasteiger charge is 2.22. The maximum Gasteiger partial charge on any atom is 0.240 e. The average molecular weight is 380 g/mol. The molecule has 0 aromatic heterocycles. The quantitative estimate of drug-likeness (QED) is 0.842. The summed E-state index contributed by atoms with van der Waals surface area (Å²) in [6, 6.07) is 6.67. The van der Waals surface area contributed by atoms with Crippen LogP contribution in [0.4, 0.5) is 5.69 Å². The normalized spacial score (nSPS) is 21.1. The van der Waals surface area contributed by atoms with Crippen LogP contribution in [0.3, 0.4) is 0 Å². The lowest BCUT2D eigenvalue weighted by Gasteiger charge is -2.27. The van der Waals surface area contributed by atoms with Crippen LogP contribution in [-0.2, 0) is 14.8 Å². The lowest BCUT2D eigenvalue weighted by Crippen LogP contribution is -2.48. The maximum atomic E-state index is 12.7. The Balaban J connectivity index is 1.67. The van der Waals surface area contributed by atoms with Crippen LogP contribution < -0.4 is 14.9 Å². The van der Waals surface area contributed by atoms with Gasteiger partial charge in [0.05, 0.1) is 11.4 Å². The van der Waals surface area contributed by atoms with Gasteiger partial charge in [-0.1, -0.05) is 38.5 Å². The number of nitrogens with zero attached hydrogens (tertiary/aromatic N) is 1. The summed E-state index contributed by atoms with van der Waals surface area (Å²) in [6.07, 6.45) is 8.86. The Labute approximate surface area is 156 Å². The van der Waals surface area contributed by atoms with Crippen molar-refractivity contribution in [3.8, 4) is 0 Å². The van der Waals surface area contributed by atoms with Gasteiger partial charge in [0.1, 0.15) is 0 Å². The molecule has 1 aliphatic carbocycles. The van der Waals surface area contributed by atoms with Gasteiger partial charge in [-0.3, -0.25) is 4.79 Å². The number of hydrogen-bond donors (Lipinski definition) is 2. The highest BCUT2D eigenvalue weighted by Crippen LogP contribution is 2.21. The van der Waals surface area contributed by atoms with Gasteiger partial charge in [-0.15, -0.1) is 0 Å². The summed E-state index contributed by atoms with van der Waals surface area (Å²) in [5.41, 5.74) is 0.748. The molecule has 1 heterocycles.